The second kappa shape index (κ2) is 18.2. The molecule has 0 radical (unpaired) electrons. The second-order valence-corrected chi connectivity index (χ2v) is 5.00. The molecule has 0 aliphatic heterocycles. The Morgan fingerprint density at radius 3 is 1.84 bits per heavy atom. The van der Waals surface area contributed by atoms with Gasteiger partial charge in [0.25, 0.3) is 0 Å². The van der Waals surface area contributed by atoms with Gasteiger partial charge < -0.3 is 9.90 Å². The zero-order valence-electron chi connectivity index (χ0n) is 13.0. The minimum absolute atomic E-state index is 0. The molecule has 0 atom stereocenters. The van der Waals surface area contributed by atoms with Crippen LogP contribution in [0, 0.1) is 0 Å². The molecule has 0 aromatic heterocycles. The Hall–Kier alpha value is 0.210. The average Bonchev–Trinajstić information content (AvgIpc) is 2.34. The number of rotatable bonds is 13. The van der Waals surface area contributed by atoms with Gasteiger partial charge in [-0.1, -0.05) is 70.4 Å². The van der Waals surface area contributed by atoms with Crippen molar-refractivity contribution in [2.75, 3.05) is 0 Å². The van der Waals surface area contributed by atoms with Crippen LogP contribution in [0.1, 0.15) is 84.0 Å². The van der Waals surface area contributed by atoms with Gasteiger partial charge in [0.2, 0.25) is 0 Å². The molecule has 0 saturated heterocycles. The van der Waals surface area contributed by atoms with Crippen molar-refractivity contribution in [3.05, 3.63) is 12.2 Å². The standard InChI is InChI=1S/C16H30O2.Na/c1-2-3-4-5-6-7-8-9-10-11-12-13-14-15-16(17)18;/h12-13H,2-11,14-15H2,1H3,(H,17,18);/q;+1/p-1. The van der Waals surface area contributed by atoms with Gasteiger partial charge in [0.05, 0.1) is 0 Å². The van der Waals surface area contributed by atoms with Crippen molar-refractivity contribution in [1.29, 1.82) is 0 Å². The summed E-state index contributed by atoms with van der Waals surface area (Å²) < 4.78 is 0. The normalized spacial score (nSPS) is 10.6. The average molecular weight is 276 g/mol. The Labute approximate surface area is 141 Å². The van der Waals surface area contributed by atoms with Crippen molar-refractivity contribution in [3.63, 3.8) is 0 Å². The van der Waals surface area contributed by atoms with Crippen molar-refractivity contribution in [1.82, 2.24) is 0 Å². The van der Waals surface area contributed by atoms with Crippen LogP contribution in [-0.2, 0) is 4.79 Å². The maximum absolute atomic E-state index is 10.2. The Balaban J connectivity index is 0. The molecule has 0 N–H and O–H groups in total. The van der Waals surface area contributed by atoms with Gasteiger partial charge in [-0.3, -0.25) is 0 Å². The predicted molar refractivity (Wildman–Crippen MR) is 75.2 cm³/mol. The first-order chi connectivity index (χ1) is 8.77. The second-order valence-electron chi connectivity index (χ2n) is 5.00. The summed E-state index contributed by atoms with van der Waals surface area (Å²) in [6.45, 7) is 2.25. The SMILES string of the molecule is CCCCCCCCCCCC=CCCC(=O)[O-].[Na+]. The number of carbonyl (C=O) groups is 1. The van der Waals surface area contributed by atoms with Crippen LogP contribution in [0.15, 0.2) is 12.2 Å². The predicted octanol–water partition coefficient (Wildman–Crippen LogP) is 0.998. The van der Waals surface area contributed by atoms with E-state index in [1.54, 1.807) is 0 Å². The quantitative estimate of drug-likeness (QED) is 0.286. The molecule has 0 aromatic carbocycles. The van der Waals surface area contributed by atoms with E-state index in [0.717, 1.165) is 6.42 Å². The number of aliphatic carboxylic acids is 1. The fraction of sp³-hybridized carbons (Fsp3) is 0.812. The van der Waals surface area contributed by atoms with Crippen LogP contribution in [0.4, 0.5) is 0 Å². The van der Waals surface area contributed by atoms with E-state index in [1.807, 2.05) is 6.08 Å². The summed E-state index contributed by atoms with van der Waals surface area (Å²) >= 11 is 0. The zero-order chi connectivity index (χ0) is 13.5. The molecule has 0 spiro atoms. The number of carboxylic acid groups (broad SMARTS) is 1. The molecular weight excluding hydrogens is 247 g/mol. The van der Waals surface area contributed by atoms with E-state index in [4.69, 9.17) is 0 Å². The van der Waals surface area contributed by atoms with E-state index < -0.39 is 5.97 Å². The molecule has 0 fully saturated rings. The maximum atomic E-state index is 10.2. The van der Waals surface area contributed by atoms with Crippen LogP contribution in [-0.4, -0.2) is 5.97 Å². The van der Waals surface area contributed by atoms with Gasteiger partial charge in [-0.05, 0) is 25.7 Å². The summed E-state index contributed by atoms with van der Waals surface area (Å²) in [4.78, 5) is 10.2. The number of hydrogen-bond acceptors (Lipinski definition) is 2. The van der Waals surface area contributed by atoms with Gasteiger partial charge in [-0.15, -0.1) is 0 Å². The minimum Gasteiger partial charge on any atom is -0.550 e. The molecule has 19 heavy (non-hydrogen) atoms. The number of unbranched alkanes of at least 4 members (excludes halogenated alkanes) is 9. The Morgan fingerprint density at radius 2 is 1.32 bits per heavy atom. The first-order valence-corrected chi connectivity index (χ1v) is 7.62. The van der Waals surface area contributed by atoms with Gasteiger partial charge in [-0.2, -0.15) is 0 Å². The molecule has 0 amide bonds. The number of allylic oxidation sites excluding steroid dienone is 2. The van der Waals surface area contributed by atoms with Gasteiger partial charge in [0.15, 0.2) is 0 Å². The van der Waals surface area contributed by atoms with Gasteiger partial charge in [0.1, 0.15) is 0 Å². The van der Waals surface area contributed by atoms with E-state index in [-0.39, 0.29) is 36.0 Å². The van der Waals surface area contributed by atoms with E-state index in [2.05, 4.69) is 13.0 Å². The van der Waals surface area contributed by atoms with Crippen LogP contribution >= 0.6 is 0 Å². The van der Waals surface area contributed by atoms with Crippen LogP contribution in [0.3, 0.4) is 0 Å². The molecule has 0 aliphatic carbocycles. The number of carbonyl (C=O) groups excluding carboxylic acids is 1. The molecule has 3 heteroatoms. The third-order valence-corrected chi connectivity index (χ3v) is 3.16. The van der Waals surface area contributed by atoms with E-state index in [1.165, 1.54) is 57.8 Å². The van der Waals surface area contributed by atoms with Crippen molar-refractivity contribution in [2.24, 2.45) is 0 Å². The van der Waals surface area contributed by atoms with Crippen molar-refractivity contribution < 1.29 is 39.5 Å². The third kappa shape index (κ3) is 20.7. The van der Waals surface area contributed by atoms with Crippen molar-refractivity contribution in [2.45, 2.75) is 84.0 Å². The largest absolute Gasteiger partial charge is 1.00 e. The Bertz CT molecular complexity index is 215. The summed E-state index contributed by atoms with van der Waals surface area (Å²) in [7, 11) is 0. The Kier molecular flexibility index (Phi) is 20.6. The first kappa shape index (κ1) is 21.5. The van der Waals surface area contributed by atoms with Gasteiger partial charge in [-0.25, -0.2) is 0 Å². The number of hydrogen-bond donors (Lipinski definition) is 0. The molecule has 0 bridgehead atoms. The molecule has 0 aromatic rings. The topological polar surface area (TPSA) is 40.1 Å². The van der Waals surface area contributed by atoms with E-state index in [0.29, 0.717) is 6.42 Å². The molecule has 2 nitrogen and oxygen atoms in total. The van der Waals surface area contributed by atoms with Crippen LogP contribution < -0.4 is 34.7 Å². The van der Waals surface area contributed by atoms with Gasteiger partial charge in [0, 0.05) is 5.97 Å². The number of carboxylic acids is 1. The fourth-order valence-electron chi connectivity index (χ4n) is 2.01. The molecule has 0 rings (SSSR count). The van der Waals surface area contributed by atoms with Gasteiger partial charge >= 0.3 is 29.6 Å². The van der Waals surface area contributed by atoms with E-state index in [9.17, 15) is 9.90 Å². The summed E-state index contributed by atoms with van der Waals surface area (Å²) in [5.74, 6) is -0.956. The molecule has 0 saturated carbocycles. The smallest absolute Gasteiger partial charge is 0.550 e. The molecule has 106 valence electrons. The summed E-state index contributed by atoms with van der Waals surface area (Å²) in [6.07, 6.45) is 18.1. The van der Waals surface area contributed by atoms with Crippen LogP contribution in [0.25, 0.3) is 0 Å². The summed E-state index contributed by atoms with van der Waals surface area (Å²) in [5.41, 5.74) is 0. The van der Waals surface area contributed by atoms with Crippen molar-refractivity contribution in [3.8, 4) is 0 Å². The minimum atomic E-state index is -0.956. The monoisotopic (exact) mass is 276 g/mol. The fourth-order valence-corrected chi connectivity index (χ4v) is 2.01. The first-order valence-electron chi connectivity index (χ1n) is 7.62. The summed E-state index contributed by atoms with van der Waals surface area (Å²) in [5, 5.41) is 10.2. The molecular formula is C16H29NaO2. The third-order valence-electron chi connectivity index (χ3n) is 3.16. The zero-order valence-corrected chi connectivity index (χ0v) is 15.0. The summed E-state index contributed by atoms with van der Waals surface area (Å²) in [6, 6.07) is 0. The van der Waals surface area contributed by atoms with E-state index >= 15 is 0 Å². The van der Waals surface area contributed by atoms with Crippen LogP contribution in [0.5, 0.6) is 0 Å². The molecule has 0 heterocycles. The Morgan fingerprint density at radius 1 is 0.842 bits per heavy atom. The molecule has 0 aliphatic rings. The van der Waals surface area contributed by atoms with Crippen molar-refractivity contribution >= 4 is 5.97 Å². The maximum Gasteiger partial charge on any atom is 1.00 e. The molecule has 0 unspecified atom stereocenters. The van der Waals surface area contributed by atoms with Crippen LogP contribution in [0.2, 0.25) is 0 Å².